The number of hydrogen-bond donors (Lipinski definition) is 2. The van der Waals surface area contributed by atoms with Crippen LogP contribution in [-0.4, -0.2) is 39.1 Å². The van der Waals surface area contributed by atoms with E-state index in [0.29, 0.717) is 17.4 Å². The third kappa shape index (κ3) is 3.28. The van der Waals surface area contributed by atoms with Crippen LogP contribution < -0.4 is 10.6 Å². The second-order valence-electron chi connectivity index (χ2n) is 5.42. The zero-order valence-electron chi connectivity index (χ0n) is 12.0. The molecule has 1 fully saturated rings. The van der Waals surface area contributed by atoms with Gasteiger partial charge in [-0.15, -0.1) is 0 Å². The van der Waals surface area contributed by atoms with Crippen LogP contribution in [0, 0.1) is 0 Å². The van der Waals surface area contributed by atoms with Crippen LogP contribution in [0.25, 0.3) is 5.82 Å². The van der Waals surface area contributed by atoms with Gasteiger partial charge in [-0.05, 0) is 38.4 Å². The predicted molar refractivity (Wildman–Crippen MR) is 79.3 cm³/mol. The lowest BCUT2D eigenvalue weighted by atomic mass is 10.0. The first kappa shape index (κ1) is 13.8. The average Bonchev–Trinajstić information content (AvgIpc) is 3.02. The first-order chi connectivity index (χ1) is 10.2. The lowest BCUT2D eigenvalue weighted by Gasteiger charge is -2.28. The van der Waals surface area contributed by atoms with Crippen molar-refractivity contribution in [1.29, 1.82) is 0 Å². The van der Waals surface area contributed by atoms with Crippen molar-refractivity contribution < 1.29 is 4.79 Å². The number of rotatable bonds is 3. The van der Waals surface area contributed by atoms with Crippen LogP contribution in [0.4, 0.5) is 0 Å². The molecule has 1 aliphatic rings. The third-order valence-electron chi connectivity index (χ3n) is 3.74. The molecule has 110 valence electrons. The maximum atomic E-state index is 12.4. The highest BCUT2D eigenvalue weighted by Gasteiger charge is 2.20. The van der Waals surface area contributed by atoms with E-state index in [2.05, 4.69) is 27.5 Å². The number of nitrogens with one attached hydrogen (secondary N) is 2. The van der Waals surface area contributed by atoms with E-state index in [1.165, 1.54) is 0 Å². The summed E-state index contributed by atoms with van der Waals surface area (Å²) in [4.78, 5) is 20.6. The van der Waals surface area contributed by atoms with Crippen molar-refractivity contribution in [2.75, 3.05) is 6.54 Å². The van der Waals surface area contributed by atoms with Gasteiger partial charge >= 0.3 is 0 Å². The van der Waals surface area contributed by atoms with Crippen LogP contribution in [-0.2, 0) is 0 Å². The molecule has 2 N–H and O–H groups in total. The number of pyridine rings is 1. The molecule has 3 heterocycles. The Labute approximate surface area is 123 Å². The minimum atomic E-state index is -0.0436. The van der Waals surface area contributed by atoms with E-state index >= 15 is 0 Å². The van der Waals surface area contributed by atoms with Gasteiger partial charge in [0.2, 0.25) is 0 Å². The standard InChI is InChI=1S/C15H19N5O/c1-11-8-13(3-5-17-11)19-15(21)12-2-4-18-14(9-12)20-7-6-16-10-20/h2,4,6-7,9-11,13,17H,3,5,8H2,1H3,(H,19,21). The molecule has 0 aliphatic carbocycles. The largest absolute Gasteiger partial charge is 0.349 e. The highest BCUT2D eigenvalue weighted by molar-refractivity contribution is 5.94. The normalized spacial score (nSPS) is 22.0. The molecule has 2 unspecified atom stereocenters. The van der Waals surface area contributed by atoms with Gasteiger partial charge in [0.05, 0.1) is 0 Å². The molecule has 0 radical (unpaired) electrons. The highest BCUT2D eigenvalue weighted by atomic mass is 16.1. The van der Waals surface area contributed by atoms with Crippen LogP contribution >= 0.6 is 0 Å². The molecule has 2 aromatic rings. The van der Waals surface area contributed by atoms with Crippen LogP contribution in [0.1, 0.15) is 30.1 Å². The number of amides is 1. The Morgan fingerprint density at radius 3 is 3.14 bits per heavy atom. The van der Waals surface area contributed by atoms with E-state index in [9.17, 15) is 4.79 Å². The molecule has 21 heavy (non-hydrogen) atoms. The number of carbonyl (C=O) groups is 1. The monoisotopic (exact) mass is 285 g/mol. The van der Waals surface area contributed by atoms with Gasteiger partial charge in [0.25, 0.3) is 5.91 Å². The van der Waals surface area contributed by atoms with Gasteiger partial charge in [0.1, 0.15) is 12.1 Å². The van der Waals surface area contributed by atoms with E-state index in [4.69, 9.17) is 0 Å². The Kier molecular flexibility index (Phi) is 3.96. The second-order valence-corrected chi connectivity index (χ2v) is 5.42. The maximum Gasteiger partial charge on any atom is 0.251 e. The molecule has 1 amide bonds. The molecule has 0 aromatic carbocycles. The van der Waals surface area contributed by atoms with E-state index in [-0.39, 0.29) is 11.9 Å². The van der Waals surface area contributed by atoms with E-state index < -0.39 is 0 Å². The highest BCUT2D eigenvalue weighted by Crippen LogP contribution is 2.11. The molecule has 1 aliphatic heterocycles. The Hall–Kier alpha value is -2.21. The number of carbonyl (C=O) groups excluding carboxylic acids is 1. The lowest BCUT2D eigenvalue weighted by Crippen LogP contribution is -2.46. The third-order valence-corrected chi connectivity index (χ3v) is 3.74. The fraction of sp³-hybridized carbons (Fsp3) is 0.400. The topological polar surface area (TPSA) is 71.8 Å². The quantitative estimate of drug-likeness (QED) is 0.887. The van der Waals surface area contributed by atoms with Gasteiger partial charge in [-0.1, -0.05) is 0 Å². The summed E-state index contributed by atoms with van der Waals surface area (Å²) in [6.07, 6.45) is 8.73. The fourth-order valence-electron chi connectivity index (χ4n) is 2.63. The smallest absolute Gasteiger partial charge is 0.251 e. The molecular formula is C15H19N5O. The summed E-state index contributed by atoms with van der Waals surface area (Å²) < 4.78 is 1.78. The van der Waals surface area contributed by atoms with Gasteiger partial charge in [0, 0.05) is 36.2 Å². The summed E-state index contributed by atoms with van der Waals surface area (Å²) in [6.45, 7) is 3.09. The van der Waals surface area contributed by atoms with Gasteiger partial charge in [-0.3, -0.25) is 9.36 Å². The Balaban J connectivity index is 1.71. The first-order valence-corrected chi connectivity index (χ1v) is 7.21. The molecule has 2 atom stereocenters. The van der Waals surface area contributed by atoms with Gasteiger partial charge in [-0.2, -0.15) is 0 Å². The van der Waals surface area contributed by atoms with Crippen LogP contribution in [0.15, 0.2) is 37.1 Å². The number of hydrogen-bond acceptors (Lipinski definition) is 4. The second kappa shape index (κ2) is 6.05. The minimum Gasteiger partial charge on any atom is -0.349 e. The van der Waals surface area contributed by atoms with Crippen molar-refractivity contribution in [3.63, 3.8) is 0 Å². The van der Waals surface area contributed by atoms with Crippen LogP contribution in [0.2, 0.25) is 0 Å². The molecule has 1 saturated heterocycles. The average molecular weight is 285 g/mol. The Bertz CT molecular complexity index is 610. The summed E-state index contributed by atoms with van der Waals surface area (Å²) in [5.41, 5.74) is 0.625. The predicted octanol–water partition coefficient (Wildman–Crippen LogP) is 1.14. The summed E-state index contributed by atoms with van der Waals surface area (Å²) in [5, 5.41) is 6.49. The zero-order chi connectivity index (χ0) is 14.7. The van der Waals surface area contributed by atoms with Crippen molar-refractivity contribution in [2.45, 2.75) is 31.8 Å². The van der Waals surface area contributed by atoms with Gasteiger partial charge in [-0.25, -0.2) is 9.97 Å². The first-order valence-electron chi connectivity index (χ1n) is 7.21. The molecule has 2 aromatic heterocycles. The molecule has 6 nitrogen and oxygen atoms in total. The SMILES string of the molecule is CC1CC(NC(=O)c2ccnc(-n3ccnc3)c2)CCN1. The lowest BCUT2D eigenvalue weighted by molar-refractivity contribution is 0.0925. The molecule has 0 spiro atoms. The Morgan fingerprint density at radius 2 is 2.38 bits per heavy atom. The number of aromatic nitrogens is 3. The number of imidazole rings is 1. The molecule has 6 heteroatoms. The summed E-state index contributed by atoms with van der Waals surface area (Å²) in [6, 6.07) is 4.20. The summed E-state index contributed by atoms with van der Waals surface area (Å²) in [5.74, 6) is 0.650. The summed E-state index contributed by atoms with van der Waals surface area (Å²) in [7, 11) is 0. The van der Waals surface area contributed by atoms with Crippen molar-refractivity contribution >= 4 is 5.91 Å². The van der Waals surface area contributed by atoms with Crippen LogP contribution in [0.3, 0.4) is 0 Å². The number of nitrogens with zero attached hydrogens (tertiary/aromatic N) is 3. The van der Waals surface area contributed by atoms with Crippen LogP contribution in [0.5, 0.6) is 0 Å². The van der Waals surface area contributed by atoms with Crippen molar-refractivity contribution in [1.82, 2.24) is 25.2 Å². The maximum absolute atomic E-state index is 12.4. The Morgan fingerprint density at radius 1 is 1.48 bits per heavy atom. The van der Waals surface area contributed by atoms with E-state index in [0.717, 1.165) is 19.4 Å². The van der Waals surface area contributed by atoms with Crippen molar-refractivity contribution in [3.8, 4) is 5.82 Å². The van der Waals surface area contributed by atoms with E-state index in [1.54, 1.807) is 41.6 Å². The molecular weight excluding hydrogens is 266 g/mol. The number of piperidine rings is 1. The van der Waals surface area contributed by atoms with Gasteiger partial charge in [0.15, 0.2) is 0 Å². The molecule has 3 rings (SSSR count). The minimum absolute atomic E-state index is 0.0436. The molecule has 0 bridgehead atoms. The zero-order valence-corrected chi connectivity index (χ0v) is 12.0. The van der Waals surface area contributed by atoms with E-state index in [1.807, 2.05) is 0 Å². The fourth-order valence-corrected chi connectivity index (χ4v) is 2.63. The molecule has 0 saturated carbocycles. The van der Waals surface area contributed by atoms with Crippen molar-refractivity contribution in [2.24, 2.45) is 0 Å². The van der Waals surface area contributed by atoms with Crippen molar-refractivity contribution in [3.05, 3.63) is 42.6 Å². The summed E-state index contributed by atoms with van der Waals surface area (Å²) >= 11 is 0. The van der Waals surface area contributed by atoms with Gasteiger partial charge < -0.3 is 10.6 Å².